The molecule has 1 fully saturated rings. The maximum atomic E-state index is 12.8. The molecule has 0 N–H and O–H groups in total. The van der Waals surface area contributed by atoms with Gasteiger partial charge in [0.1, 0.15) is 6.54 Å². The molecule has 142 valence electrons. The molecule has 1 amide bonds. The molecule has 0 atom stereocenters. The number of halogens is 1. The van der Waals surface area contributed by atoms with Crippen molar-refractivity contribution in [3.8, 4) is 0 Å². The van der Waals surface area contributed by atoms with E-state index in [0.717, 1.165) is 30.3 Å². The topological polar surface area (TPSA) is 82.1 Å². The van der Waals surface area contributed by atoms with Crippen molar-refractivity contribution >= 4 is 33.0 Å². The third kappa shape index (κ3) is 3.13. The van der Waals surface area contributed by atoms with Gasteiger partial charge in [-0.25, -0.2) is 9.78 Å². The van der Waals surface area contributed by atoms with Crippen molar-refractivity contribution in [3.63, 3.8) is 0 Å². The summed E-state index contributed by atoms with van der Waals surface area (Å²) < 4.78 is 4.32. The summed E-state index contributed by atoms with van der Waals surface area (Å²) in [5.74, 6) is 0.657. The average molecular weight is 426 g/mol. The molecule has 0 radical (unpaired) electrons. The molecule has 0 bridgehead atoms. The van der Waals surface area contributed by atoms with Gasteiger partial charge in [-0.1, -0.05) is 6.92 Å². The van der Waals surface area contributed by atoms with E-state index in [1.165, 1.54) is 11.6 Å². The van der Waals surface area contributed by atoms with Gasteiger partial charge in [0.15, 0.2) is 15.9 Å². The van der Waals surface area contributed by atoms with Crippen LogP contribution in [0.4, 0.5) is 0 Å². The Morgan fingerprint density at radius 3 is 2.42 bits per heavy atom. The zero-order chi connectivity index (χ0) is 19.2. The van der Waals surface area contributed by atoms with Crippen LogP contribution in [0, 0.1) is 5.92 Å². The van der Waals surface area contributed by atoms with Crippen molar-refractivity contribution < 1.29 is 4.79 Å². The van der Waals surface area contributed by atoms with E-state index in [4.69, 9.17) is 0 Å². The van der Waals surface area contributed by atoms with Crippen molar-refractivity contribution in [2.24, 2.45) is 20.0 Å². The normalized spacial score (nSPS) is 20.5. The summed E-state index contributed by atoms with van der Waals surface area (Å²) in [6.45, 7) is 2.27. The van der Waals surface area contributed by atoms with Gasteiger partial charge in [-0.2, -0.15) is 0 Å². The van der Waals surface area contributed by atoms with Gasteiger partial charge in [-0.3, -0.25) is 23.3 Å². The van der Waals surface area contributed by atoms with Crippen LogP contribution in [-0.4, -0.2) is 42.6 Å². The quantitative estimate of drug-likeness (QED) is 0.692. The largest absolute Gasteiger partial charge is 0.341 e. The first-order valence-electron chi connectivity index (χ1n) is 8.79. The van der Waals surface area contributed by atoms with Gasteiger partial charge in [-0.15, -0.1) is 0 Å². The van der Waals surface area contributed by atoms with Crippen molar-refractivity contribution in [2.45, 2.75) is 45.2 Å². The maximum Gasteiger partial charge on any atom is 0.332 e. The zero-order valence-electron chi connectivity index (χ0n) is 15.5. The van der Waals surface area contributed by atoms with Crippen LogP contribution in [0.15, 0.2) is 14.3 Å². The Morgan fingerprint density at radius 1 is 1.19 bits per heavy atom. The molecule has 8 nitrogen and oxygen atoms in total. The number of hydrogen-bond donors (Lipinski definition) is 0. The van der Waals surface area contributed by atoms with Crippen LogP contribution < -0.4 is 11.2 Å². The van der Waals surface area contributed by atoms with Gasteiger partial charge in [-0.05, 0) is 47.5 Å². The number of carbonyl (C=O) groups is 1. The van der Waals surface area contributed by atoms with Gasteiger partial charge in [0.25, 0.3) is 5.56 Å². The number of imidazole rings is 1. The molecule has 0 spiro atoms. The lowest BCUT2D eigenvalue weighted by atomic mass is 9.87. The molecule has 0 aliphatic heterocycles. The number of aromatic nitrogens is 4. The number of amides is 1. The first-order valence-corrected chi connectivity index (χ1v) is 9.59. The zero-order valence-corrected chi connectivity index (χ0v) is 17.1. The molecule has 0 unspecified atom stereocenters. The van der Waals surface area contributed by atoms with Crippen molar-refractivity contribution in [1.82, 2.24) is 23.6 Å². The third-order valence-corrected chi connectivity index (χ3v) is 6.12. The Hall–Kier alpha value is -1.90. The van der Waals surface area contributed by atoms with Gasteiger partial charge in [0, 0.05) is 27.2 Å². The van der Waals surface area contributed by atoms with Crippen LogP contribution in [0.1, 0.15) is 32.6 Å². The van der Waals surface area contributed by atoms with E-state index in [2.05, 4.69) is 27.8 Å². The van der Waals surface area contributed by atoms with E-state index in [0.29, 0.717) is 16.3 Å². The Kier molecular flexibility index (Phi) is 5.09. The maximum absolute atomic E-state index is 12.8. The highest BCUT2D eigenvalue weighted by molar-refractivity contribution is 9.10. The average Bonchev–Trinajstić information content (AvgIpc) is 2.94. The molecule has 1 aliphatic rings. The molecule has 26 heavy (non-hydrogen) atoms. The van der Waals surface area contributed by atoms with Crippen LogP contribution in [0.3, 0.4) is 0 Å². The van der Waals surface area contributed by atoms with Crippen LogP contribution >= 0.6 is 15.9 Å². The fraction of sp³-hybridized carbons (Fsp3) is 0.647. The third-order valence-electron chi connectivity index (χ3n) is 5.51. The van der Waals surface area contributed by atoms with Gasteiger partial charge >= 0.3 is 5.69 Å². The Labute approximate surface area is 159 Å². The molecule has 1 aliphatic carbocycles. The molecule has 2 heterocycles. The molecule has 0 saturated heterocycles. The van der Waals surface area contributed by atoms with Crippen LogP contribution in [0.2, 0.25) is 0 Å². The molecule has 2 aromatic rings. The van der Waals surface area contributed by atoms with Crippen molar-refractivity contribution in [1.29, 1.82) is 0 Å². The van der Waals surface area contributed by atoms with E-state index in [9.17, 15) is 14.4 Å². The number of aryl methyl sites for hydroxylation is 1. The lowest BCUT2D eigenvalue weighted by Gasteiger charge is -2.33. The van der Waals surface area contributed by atoms with Crippen molar-refractivity contribution in [3.05, 3.63) is 25.6 Å². The van der Waals surface area contributed by atoms with E-state index >= 15 is 0 Å². The summed E-state index contributed by atoms with van der Waals surface area (Å²) in [6.07, 6.45) is 4.28. The van der Waals surface area contributed by atoms with E-state index in [1.54, 1.807) is 16.5 Å². The number of fused-ring (bicyclic) bond motifs is 1. The number of carbonyl (C=O) groups excluding carboxylic acids is 1. The predicted octanol–water partition coefficient (Wildman–Crippen LogP) is 1.23. The summed E-state index contributed by atoms with van der Waals surface area (Å²) in [4.78, 5) is 43.4. The van der Waals surface area contributed by atoms with Gasteiger partial charge < -0.3 is 4.90 Å². The SMILES string of the molecule is CC1CCC(N(C)C(=O)Cn2c(Br)nc3c(=O)n(C)c(=O)n(C)c32)CC1. The minimum absolute atomic E-state index is 0.0279. The Balaban J connectivity index is 1.94. The number of likely N-dealkylation sites (N-methyl/N-ethyl adjacent to an activating group) is 1. The standard InChI is InChI=1S/C17H24BrN5O3/c1-10-5-7-11(8-6-10)20(2)12(24)9-23-14-13(19-16(23)18)15(25)22(4)17(26)21(14)3/h10-11H,5-9H2,1-4H3. The predicted molar refractivity (Wildman–Crippen MR) is 102 cm³/mol. The second-order valence-electron chi connectivity index (χ2n) is 7.26. The Bertz CT molecular complexity index is 965. The highest BCUT2D eigenvalue weighted by Gasteiger charge is 2.26. The molecule has 1 saturated carbocycles. The van der Waals surface area contributed by atoms with E-state index < -0.39 is 11.2 Å². The fourth-order valence-electron chi connectivity index (χ4n) is 3.68. The molecular weight excluding hydrogens is 402 g/mol. The highest BCUT2D eigenvalue weighted by Crippen LogP contribution is 2.27. The minimum atomic E-state index is -0.468. The van der Waals surface area contributed by atoms with Crippen LogP contribution in [-0.2, 0) is 25.4 Å². The molecular formula is C17H24BrN5O3. The summed E-state index contributed by atoms with van der Waals surface area (Å²) >= 11 is 3.33. The monoisotopic (exact) mass is 425 g/mol. The minimum Gasteiger partial charge on any atom is -0.341 e. The highest BCUT2D eigenvalue weighted by atomic mass is 79.9. The lowest BCUT2D eigenvalue weighted by molar-refractivity contribution is -0.133. The first-order chi connectivity index (χ1) is 12.2. The van der Waals surface area contributed by atoms with Crippen LogP contribution in [0.25, 0.3) is 11.2 Å². The number of hydrogen-bond acceptors (Lipinski definition) is 4. The summed E-state index contributed by atoms with van der Waals surface area (Å²) in [5, 5.41) is 0. The van der Waals surface area contributed by atoms with Crippen molar-refractivity contribution in [2.75, 3.05) is 7.05 Å². The molecule has 0 aromatic carbocycles. The second-order valence-corrected chi connectivity index (χ2v) is 7.97. The number of nitrogens with zero attached hydrogens (tertiary/aromatic N) is 5. The smallest absolute Gasteiger partial charge is 0.332 e. The Morgan fingerprint density at radius 2 is 1.81 bits per heavy atom. The number of rotatable bonds is 3. The van der Waals surface area contributed by atoms with Gasteiger partial charge in [0.05, 0.1) is 0 Å². The second kappa shape index (κ2) is 7.02. The molecule has 9 heteroatoms. The summed E-state index contributed by atoms with van der Waals surface area (Å²) in [6, 6.07) is 0.240. The van der Waals surface area contributed by atoms with E-state index in [1.807, 2.05) is 7.05 Å². The molecule has 3 rings (SSSR count). The fourth-order valence-corrected chi connectivity index (χ4v) is 4.15. The summed E-state index contributed by atoms with van der Waals surface area (Å²) in [7, 11) is 4.82. The van der Waals surface area contributed by atoms with Crippen LogP contribution in [0.5, 0.6) is 0 Å². The summed E-state index contributed by atoms with van der Waals surface area (Å²) in [5.41, 5.74) is -0.393. The van der Waals surface area contributed by atoms with E-state index in [-0.39, 0.29) is 24.0 Å². The first kappa shape index (κ1) is 18.9. The molecule has 2 aromatic heterocycles. The lowest BCUT2D eigenvalue weighted by Crippen LogP contribution is -2.41. The van der Waals surface area contributed by atoms with Gasteiger partial charge in [0.2, 0.25) is 5.91 Å².